The predicted octanol–water partition coefficient (Wildman–Crippen LogP) is 2.44. The van der Waals surface area contributed by atoms with Gasteiger partial charge in [0.2, 0.25) is 0 Å². The molecule has 0 radical (unpaired) electrons. The molecule has 4 heteroatoms. The molecule has 0 amide bonds. The van der Waals surface area contributed by atoms with Gasteiger partial charge in [0.15, 0.2) is 0 Å². The lowest BCUT2D eigenvalue weighted by atomic mass is 10.1. The predicted molar refractivity (Wildman–Crippen MR) is 70.5 cm³/mol. The third-order valence-electron chi connectivity index (χ3n) is 2.90. The van der Waals surface area contributed by atoms with Crippen molar-refractivity contribution in [2.45, 2.75) is 12.8 Å². The number of rotatable bonds is 5. The van der Waals surface area contributed by atoms with E-state index in [-0.39, 0.29) is 11.9 Å². The lowest BCUT2D eigenvalue weighted by Crippen LogP contribution is -2.03. The molecule has 1 aliphatic rings. The number of ether oxygens (including phenoxy) is 2. The molecule has 0 heterocycles. The highest BCUT2D eigenvalue weighted by molar-refractivity contribution is 5.90. The van der Waals surface area contributed by atoms with E-state index in [9.17, 15) is 9.59 Å². The molecule has 1 fully saturated rings. The first-order valence-corrected chi connectivity index (χ1v) is 6.22. The summed E-state index contributed by atoms with van der Waals surface area (Å²) in [6.45, 7) is 0.518. The van der Waals surface area contributed by atoms with Crippen molar-refractivity contribution >= 4 is 18.0 Å². The highest BCUT2D eigenvalue weighted by Gasteiger charge is 2.22. The summed E-state index contributed by atoms with van der Waals surface area (Å²) in [5.41, 5.74) is 1.31. The molecule has 0 bridgehead atoms. The number of hydrogen-bond donors (Lipinski definition) is 0. The minimum Gasteiger partial charge on any atom is -0.465 e. The van der Waals surface area contributed by atoms with Crippen molar-refractivity contribution in [1.82, 2.24) is 0 Å². The Morgan fingerprint density at radius 2 is 1.95 bits per heavy atom. The van der Waals surface area contributed by atoms with Crippen LogP contribution < -0.4 is 0 Å². The maximum absolute atomic E-state index is 11.4. The third-order valence-corrected chi connectivity index (χ3v) is 2.90. The molecule has 0 aromatic heterocycles. The van der Waals surface area contributed by atoms with Gasteiger partial charge >= 0.3 is 11.9 Å². The fourth-order valence-electron chi connectivity index (χ4n) is 1.55. The van der Waals surface area contributed by atoms with Crippen LogP contribution in [0.4, 0.5) is 0 Å². The Bertz CT molecular complexity index is 483. The van der Waals surface area contributed by atoms with Crippen LogP contribution >= 0.6 is 0 Å². The zero-order valence-corrected chi connectivity index (χ0v) is 10.8. The van der Waals surface area contributed by atoms with Crippen LogP contribution in [0.2, 0.25) is 0 Å². The summed E-state index contributed by atoms with van der Waals surface area (Å²) in [6.07, 6.45) is 5.38. The SMILES string of the molecule is COC(=O)c1ccc(/C=C/C(=O)OCC2CC2)cc1. The molecule has 0 N–H and O–H groups in total. The van der Waals surface area contributed by atoms with Crippen LogP contribution in [0, 0.1) is 5.92 Å². The highest BCUT2D eigenvalue weighted by atomic mass is 16.5. The van der Waals surface area contributed by atoms with Crippen molar-refractivity contribution in [1.29, 1.82) is 0 Å². The summed E-state index contributed by atoms with van der Waals surface area (Å²) < 4.78 is 9.67. The standard InChI is InChI=1S/C15H16O4/c1-18-15(17)13-7-4-11(5-8-13)6-9-14(16)19-10-12-2-3-12/h4-9,12H,2-3,10H2,1H3/b9-6+. The largest absolute Gasteiger partial charge is 0.465 e. The molecule has 1 aromatic rings. The van der Waals surface area contributed by atoms with Crippen LogP contribution in [0.25, 0.3) is 6.08 Å². The summed E-state index contributed by atoms with van der Waals surface area (Å²) >= 11 is 0. The first-order valence-electron chi connectivity index (χ1n) is 6.22. The van der Waals surface area contributed by atoms with Gasteiger partial charge in [-0.25, -0.2) is 9.59 Å². The minimum absolute atomic E-state index is 0.330. The van der Waals surface area contributed by atoms with Gasteiger partial charge < -0.3 is 9.47 Å². The molecule has 0 unspecified atom stereocenters. The van der Waals surface area contributed by atoms with E-state index >= 15 is 0 Å². The lowest BCUT2D eigenvalue weighted by molar-refractivity contribution is -0.138. The summed E-state index contributed by atoms with van der Waals surface area (Å²) in [4.78, 5) is 22.6. The van der Waals surface area contributed by atoms with Gasteiger partial charge in [-0.15, -0.1) is 0 Å². The van der Waals surface area contributed by atoms with Crippen LogP contribution in [0.5, 0.6) is 0 Å². The summed E-state index contributed by atoms with van der Waals surface area (Å²) in [6, 6.07) is 6.80. The second-order valence-electron chi connectivity index (χ2n) is 4.52. The fraction of sp³-hybridized carbons (Fsp3) is 0.333. The van der Waals surface area contributed by atoms with Crippen molar-refractivity contribution in [2.75, 3.05) is 13.7 Å². The summed E-state index contributed by atoms with van der Waals surface area (Å²) in [5.74, 6) is -0.139. The first kappa shape index (κ1) is 13.3. The molecule has 1 aromatic carbocycles. The second-order valence-corrected chi connectivity index (χ2v) is 4.52. The number of hydrogen-bond acceptors (Lipinski definition) is 4. The van der Waals surface area contributed by atoms with Gasteiger partial charge in [0.25, 0.3) is 0 Å². The van der Waals surface area contributed by atoms with Gasteiger partial charge in [-0.3, -0.25) is 0 Å². The Morgan fingerprint density at radius 3 is 2.53 bits per heavy atom. The molecule has 19 heavy (non-hydrogen) atoms. The van der Waals surface area contributed by atoms with Gasteiger partial charge in [-0.1, -0.05) is 12.1 Å². The Labute approximate surface area is 112 Å². The summed E-state index contributed by atoms with van der Waals surface area (Å²) in [7, 11) is 1.34. The normalized spacial score (nSPS) is 14.4. The Kier molecular flexibility index (Phi) is 4.34. The quantitative estimate of drug-likeness (QED) is 0.602. The van der Waals surface area contributed by atoms with Gasteiger partial charge in [0.1, 0.15) is 0 Å². The Hall–Kier alpha value is -2.10. The highest BCUT2D eigenvalue weighted by Crippen LogP contribution is 2.28. The molecule has 0 spiro atoms. The van der Waals surface area contributed by atoms with E-state index in [2.05, 4.69) is 4.74 Å². The van der Waals surface area contributed by atoms with Crippen LogP contribution in [0.3, 0.4) is 0 Å². The maximum Gasteiger partial charge on any atom is 0.337 e. The maximum atomic E-state index is 11.4. The molecule has 0 atom stereocenters. The number of benzene rings is 1. The molecule has 4 nitrogen and oxygen atoms in total. The second kappa shape index (κ2) is 6.18. The van der Waals surface area contributed by atoms with Gasteiger partial charge in [-0.2, -0.15) is 0 Å². The number of esters is 2. The van der Waals surface area contributed by atoms with E-state index in [4.69, 9.17) is 4.74 Å². The van der Waals surface area contributed by atoms with Gasteiger partial charge in [0, 0.05) is 6.08 Å². The molecule has 100 valence electrons. The Morgan fingerprint density at radius 1 is 1.26 bits per heavy atom. The number of carbonyl (C=O) groups is 2. The summed E-state index contributed by atoms with van der Waals surface area (Å²) in [5, 5.41) is 0. The smallest absolute Gasteiger partial charge is 0.337 e. The minimum atomic E-state index is -0.376. The van der Waals surface area contributed by atoms with E-state index in [1.54, 1.807) is 30.3 Å². The van der Waals surface area contributed by atoms with Crippen LogP contribution in [0.1, 0.15) is 28.8 Å². The first-order chi connectivity index (χ1) is 9.19. The molecular formula is C15H16O4. The topological polar surface area (TPSA) is 52.6 Å². The molecule has 0 saturated heterocycles. The Balaban J connectivity index is 1.87. The van der Waals surface area contributed by atoms with Crippen molar-refractivity contribution < 1.29 is 19.1 Å². The van der Waals surface area contributed by atoms with Crippen LogP contribution in [-0.4, -0.2) is 25.7 Å². The van der Waals surface area contributed by atoms with Crippen molar-refractivity contribution in [2.24, 2.45) is 5.92 Å². The van der Waals surface area contributed by atoms with E-state index in [1.807, 2.05) is 0 Å². The van der Waals surface area contributed by atoms with E-state index < -0.39 is 0 Å². The van der Waals surface area contributed by atoms with Crippen LogP contribution in [-0.2, 0) is 14.3 Å². The van der Waals surface area contributed by atoms with Crippen molar-refractivity contribution in [3.8, 4) is 0 Å². The third kappa shape index (κ3) is 4.25. The monoisotopic (exact) mass is 260 g/mol. The van der Waals surface area contributed by atoms with E-state index in [0.29, 0.717) is 18.1 Å². The van der Waals surface area contributed by atoms with E-state index in [0.717, 1.165) is 18.4 Å². The van der Waals surface area contributed by atoms with E-state index in [1.165, 1.54) is 13.2 Å². The lowest BCUT2D eigenvalue weighted by Gasteiger charge is -2.00. The number of methoxy groups -OCH3 is 1. The average Bonchev–Trinajstić information content (AvgIpc) is 3.26. The van der Waals surface area contributed by atoms with Crippen LogP contribution in [0.15, 0.2) is 30.3 Å². The molecular weight excluding hydrogens is 244 g/mol. The molecule has 1 saturated carbocycles. The number of carbonyl (C=O) groups excluding carboxylic acids is 2. The molecule has 0 aliphatic heterocycles. The van der Waals surface area contributed by atoms with Crippen molar-refractivity contribution in [3.05, 3.63) is 41.5 Å². The van der Waals surface area contributed by atoms with Crippen molar-refractivity contribution in [3.63, 3.8) is 0 Å². The average molecular weight is 260 g/mol. The zero-order chi connectivity index (χ0) is 13.7. The van der Waals surface area contributed by atoms with Gasteiger partial charge in [-0.05, 0) is 42.5 Å². The fourth-order valence-corrected chi connectivity index (χ4v) is 1.55. The zero-order valence-electron chi connectivity index (χ0n) is 10.8. The molecule has 2 rings (SSSR count). The molecule has 1 aliphatic carbocycles. The van der Waals surface area contributed by atoms with Gasteiger partial charge in [0.05, 0.1) is 19.3 Å².